The highest BCUT2D eigenvalue weighted by Gasteiger charge is 2.23. The summed E-state index contributed by atoms with van der Waals surface area (Å²) in [6.07, 6.45) is 2.23. The van der Waals surface area contributed by atoms with Crippen LogP contribution in [0.3, 0.4) is 0 Å². The van der Waals surface area contributed by atoms with Crippen LogP contribution in [0.1, 0.15) is 26.7 Å². The van der Waals surface area contributed by atoms with Gasteiger partial charge < -0.3 is 5.21 Å². The zero-order valence-corrected chi connectivity index (χ0v) is 6.22. The van der Waals surface area contributed by atoms with E-state index in [-0.39, 0.29) is 0 Å². The first-order valence-corrected chi connectivity index (χ1v) is 3.54. The van der Waals surface area contributed by atoms with Crippen LogP contribution in [0.25, 0.3) is 0 Å². The molecule has 0 aromatic rings. The average Bonchev–Trinajstić information content (AvgIpc) is 1.78. The predicted molar refractivity (Wildman–Crippen MR) is 36.4 cm³/mol. The van der Waals surface area contributed by atoms with E-state index in [1.54, 1.807) is 0 Å². The van der Waals surface area contributed by atoms with E-state index in [0.717, 1.165) is 25.9 Å². The van der Waals surface area contributed by atoms with Crippen LogP contribution in [-0.4, -0.2) is 23.4 Å². The number of hydrogen-bond acceptors (Lipinski definition) is 2. The zero-order chi connectivity index (χ0) is 6.91. The fourth-order valence-electron chi connectivity index (χ4n) is 1.10. The number of hydroxylamine groups is 2. The summed E-state index contributed by atoms with van der Waals surface area (Å²) in [6, 6.07) is 0. The zero-order valence-electron chi connectivity index (χ0n) is 6.22. The third-order valence-corrected chi connectivity index (χ3v) is 2.09. The Kier molecular flexibility index (Phi) is 1.78. The van der Waals surface area contributed by atoms with E-state index in [9.17, 15) is 0 Å². The largest absolute Gasteiger partial charge is 0.314 e. The normalized spacial score (nSPS) is 28.3. The molecule has 1 saturated heterocycles. The summed E-state index contributed by atoms with van der Waals surface area (Å²) in [7, 11) is 0. The average molecular weight is 129 g/mol. The number of hydrogen-bond donors (Lipinski definition) is 1. The first-order chi connectivity index (χ1) is 4.10. The highest BCUT2D eigenvalue weighted by molar-refractivity contribution is 4.74. The standard InChI is InChI=1S/C7H15NO/c1-7(2)3-5-8(9)6-4-7/h9H,3-6H2,1-2H3. The van der Waals surface area contributed by atoms with Crippen molar-refractivity contribution in [3.63, 3.8) is 0 Å². The molecule has 1 rings (SSSR count). The Morgan fingerprint density at radius 3 is 2.00 bits per heavy atom. The van der Waals surface area contributed by atoms with Crippen molar-refractivity contribution >= 4 is 0 Å². The Labute approximate surface area is 56.4 Å². The summed E-state index contributed by atoms with van der Waals surface area (Å²) in [5.41, 5.74) is 0.458. The molecule has 0 aromatic carbocycles. The Morgan fingerprint density at radius 1 is 1.22 bits per heavy atom. The smallest absolute Gasteiger partial charge is 0.0243 e. The molecule has 0 amide bonds. The highest BCUT2D eigenvalue weighted by atomic mass is 16.5. The van der Waals surface area contributed by atoms with Gasteiger partial charge in [-0.25, -0.2) is 0 Å². The molecule has 1 fully saturated rings. The van der Waals surface area contributed by atoms with Crippen LogP contribution in [0.2, 0.25) is 0 Å². The van der Waals surface area contributed by atoms with Crippen molar-refractivity contribution < 1.29 is 5.21 Å². The van der Waals surface area contributed by atoms with Gasteiger partial charge in [0.2, 0.25) is 0 Å². The minimum atomic E-state index is 0.458. The summed E-state index contributed by atoms with van der Waals surface area (Å²) >= 11 is 0. The second-order valence-electron chi connectivity index (χ2n) is 3.62. The lowest BCUT2D eigenvalue weighted by Gasteiger charge is -2.33. The lowest BCUT2D eigenvalue weighted by molar-refractivity contribution is -0.121. The van der Waals surface area contributed by atoms with Crippen molar-refractivity contribution in [1.29, 1.82) is 0 Å². The molecular formula is C7H15NO. The SMILES string of the molecule is CC1(C)CCN(O)CC1. The quantitative estimate of drug-likeness (QED) is 0.535. The summed E-state index contributed by atoms with van der Waals surface area (Å²) < 4.78 is 0. The van der Waals surface area contributed by atoms with Gasteiger partial charge in [0.05, 0.1) is 0 Å². The minimum absolute atomic E-state index is 0.458. The maximum atomic E-state index is 8.97. The number of rotatable bonds is 0. The van der Waals surface area contributed by atoms with Crippen LogP contribution in [0, 0.1) is 5.41 Å². The number of piperidine rings is 1. The van der Waals surface area contributed by atoms with Gasteiger partial charge in [0.1, 0.15) is 0 Å². The Hall–Kier alpha value is -0.0800. The van der Waals surface area contributed by atoms with Crippen molar-refractivity contribution in [2.45, 2.75) is 26.7 Å². The van der Waals surface area contributed by atoms with Gasteiger partial charge in [-0.05, 0) is 18.3 Å². The molecule has 2 heteroatoms. The van der Waals surface area contributed by atoms with E-state index in [1.807, 2.05) is 0 Å². The molecule has 1 aliphatic rings. The van der Waals surface area contributed by atoms with E-state index in [1.165, 1.54) is 5.06 Å². The molecule has 0 aromatic heterocycles. The molecule has 0 atom stereocenters. The molecule has 1 heterocycles. The lowest BCUT2D eigenvalue weighted by atomic mass is 9.83. The molecule has 0 radical (unpaired) electrons. The van der Waals surface area contributed by atoms with E-state index in [4.69, 9.17) is 5.21 Å². The van der Waals surface area contributed by atoms with E-state index in [0.29, 0.717) is 5.41 Å². The topological polar surface area (TPSA) is 23.5 Å². The van der Waals surface area contributed by atoms with Crippen molar-refractivity contribution in [1.82, 2.24) is 5.06 Å². The molecule has 1 N–H and O–H groups in total. The van der Waals surface area contributed by atoms with Crippen LogP contribution < -0.4 is 0 Å². The summed E-state index contributed by atoms with van der Waals surface area (Å²) in [6.45, 7) is 6.18. The Morgan fingerprint density at radius 2 is 1.67 bits per heavy atom. The van der Waals surface area contributed by atoms with Crippen LogP contribution in [-0.2, 0) is 0 Å². The van der Waals surface area contributed by atoms with Crippen LogP contribution in [0.5, 0.6) is 0 Å². The summed E-state index contributed by atoms with van der Waals surface area (Å²) in [5.74, 6) is 0. The maximum absolute atomic E-state index is 8.97. The third-order valence-electron chi connectivity index (χ3n) is 2.09. The van der Waals surface area contributed by atoms with Gasteiger partial charge in [0.15, 0.2) is 0 Å². The van der Waals surface area contributed by atoms with Crippen LogP contribution in [0.15, 0.2) is 0 Å². The molecule has 1 aliphatic heterocycles. The second-order valence-corrected chi connectivity index (χ2v) is 3.62. The van der Waals surface area contributed by atoms with Gasteiger partial charge in [-0.1, -0.05) is 13.8 Å². The molecular weight excluding hydrogens is 114 g/mol. The molecule has 54 valence electrons. The molecule has 0 saturated carbocycles. The molecule has 0 bridgehead atoms. The fourth-order valence-corrected chi connectivity index (χ4v) is 1.10. The van der Waals surface area contributed by atoms with Gasteiger partial charge in [0.25, 0.3) is 0 Å². The minimum Gasteiger partial charge on any atom is -0.314 e. The summed E-state index contributed by atoms with van der Waals surface area (Å²) in [5, 5.41) is 10.4. The van der Waals surface area contributed by atoms with Gasteiger partial charge in [-0.2, -0.15) is 5.06 Å². The van der Waals surface area contributed by atoms with Crippen LogP contribution >= 0.6 is 0 Å². The monoisotopic (exact) mass is 129 g/mol. The van der Waals surface area contributed by atoms with Crippen molar-refractivity contribution in [3.05, 3.63) is 0 Å². The summed E-state index contributed by atoms with van der Waals surface area (Å²) in [4.78, 5) is 0. The number of nitrogens with zero attached hydrogens (tertiary/aromatic N) is 1. The van der Waals surface area contributed by atoms with E-state index in [2.05, 4.69) is 13.8 Å². The first kappa shape index (κ1) is 7.03. The fraction of sp³-hybridized carbons (Fsp3) is 1.00. The van der Waals surface area contributed by atoms with Crippen LogP contribution in [0.4, 0.5) is 0 Å². The Balaban J connectivity index is 2.35. The van der Waals surface area contributed by atoms with E-state index < -0.39 is 0 Å². The molecule has 0 aliphatic carbocycles. The van der Waals surface area contributed by atoms with Gasteiger partial charge in [-0.15, -0.1) is 0 Å². The second kappa shape index (κ2) is 2.27. The maximum Gasteiger partial charge on any atom is 0.0243 e. The molecule has 2 nitrogen and oxygen atoms in total. The predicted octanol–water partition coefficient (Wildman–Crippen LogP) is 1.50. The molecule has 0 spiro atoms. The first-order valence-electron chi connectivity index (χ1n) is 3.54. The van der Waals surface area contributed by atoms with Crippen molar-refractivity contribution in [2.75, 3.05) is 13.1 Å². The van der Waals surface area contributed by atoms with Crippen molar-refractivity contribution in [2.24, 2.45) is 5.41 Å². The third kappa shape index (κ3) is 1.95. The van der Waals surface area contributed by atoms with E-state index >= 15 is 0 Å². The lowest BCUT2D eigenvalue weighted by Crippen LogP contribution is -2.34. The van der Waals surface area contributed by atoms with Crippen molar-refractivity contribution in [3.8, 4) is 0 Å². The highest BCUT2D eigenvalue weighted by Crippen LogP contribution is 2.28. The Bertz CT molecular complexity index is 91.1. The van der Waals surface area contributed by atoms with Gasteiger partial charge in [0, 0.05) is 13.1 Å². The molecule has 9 heavy (non-hydrogen) atoms. The van der Waals surface area contributed by atoms with Gasteiger partial charge in [-0.3, -0.25) is 0 Å². The van der Waals surface area contributed by atoms with Gasteiger partial charge >= 0.3 is 0 Å². The molecule has 0 unspecified atom stereocenters.